The third kappa shape index (κ3) is 13.2. The van der Waals surface area contributed by atoms with E-state index in [4.69, 9.17) is 23.9 Å². The van der Waals surface area contributed by atoms with E-state index in [2.05, 4.69) is 31.9 Å². The monoisotopic (exact) mass is 665 g/mol. The molecule has 10 heteroatoms. The van der Waals surface area contributed by atoms with Crippen molar-refractivity contribution in [3.05, 3.63) is 48.7 Å². The van der Waals surface area contributed by atoms with Crippen molar-refractivity contribution in [2.75, 3.05) is 18.5 Å². The van der Waals surface area contributed by atoms with E-state index in [0.29, 0.717) is 36.7 Å². The number of rotatable bonds is 18. The lowest BCUT2D eigenvalue weighted by atomic mass is 10.1. The van der Waals surface area contributed by atoms with Gasteiger partial charge in [0.1, 0.15) is 23.9 Å². The highest BCUT2D eigenvalue weighted by atomic mass is 28.3. The summed E-state index contributed by atoms with van der Waals surface area (Å²) in [5, 5.41) is 2.77. The predicted molar refractivity (Wildman–Crippen MR) is 192 cm³/mol. The van der Waals surface area contributed by atoms with Gasteiger partial charge in [-0.05, 0) is 76.1 Å². The molecule has 0 aliphatic carbocycles. The van der Waals surface area contributed by atoms with Crippen LogP contribution in [0.1, 0.15) is 79.6 Å². The highest BCUT2D eigenvalue weighted by molar-refractivity contribution is 6.76. The Bertz CT molecular complexity index is 1420. The number of ether oxygens (including phenoxy) is 4. The molecular weight excluding hydrogens is 611 g/mol. The van der Waals surface area contributed by atoms with Crippen LogP contribution < -0.4 is 14.8 Å². The Morgan fingerprint density at radius 1 is 0.915 bits per heavy atom. The van der Waals surface area contributed by atoms with E-state index in [9.17, 15) is 9.59 Å². The minimum Gasteiger partial charge on any atom is -0.494 e. The summed E-state index contributed by atoms with van der Waals surface area (Å²) >= 11 is 0. The van der Waals surface area contributed by atoms with Crippen LogP contribution in [0.3, 0.4) is 0 Å². The summed E-state index contributed by atoms with van der Waals surface area (Å²) in [6.45, 7) is 18.0. The van der Waals surface area contributed by atoms with Crippen molar-refractivity contribution in [2.24, 2.45) is 0 Å². The molecule has 0 saturated carbocycles. The van der Waals surface area contributed by atoms with Crippen LogP contribution in [0.15, 0.2) is 48.7 Å². The van der Waals surface area contributed by atoms with E-state index in [1.165, 1.54) is 25.7 Å². The lowest BCUT2D eigenvalue weighted by Gasteiger charge is -2.21. The molecule has 2 aromatic carbocycles. The fourth-order valence-electron chi connectivity index (χ4n) is 4.73. The van der Waals surface area contributed by atoms with Crippen LogP contribution in [0.25, 0.3) is 22.6 Å². The Hall–Kier alpha value is -3.63. The molecule has 3 rings (SSSR count). The average Bonchev–Trinajstić information content (AvgIpc) is 3.41. The number of unbranched alkanes of at least 4 members (excludes halogenated alkanes) is 4. The van der Waals surface area contributed by atoms with Gasteiger partial charge in [-0.2, -0.15) is 0 Å². The number of aromatic nitrogens is 2. The number of hydrogen-bond acceptors (Lipinski definition) is 7. The second-order valence-corrected chi connectivity index (χ2v) is 19.7. The second kappa shape index (κ2) is 18.1. The molecule has 0 bridgehead atoms. The highest BCUT2D eigenvalue weighted by Gasteiger charge is 2.24. The van der Waals surface area contributed by atoms with Gasteiger partial charge >= 0.3 is 12.1 Å². The fraction of sp³-hybridized carbons (Fsp3) is 0.541. The summed E-state index contributed by atoms with van der Waals surface area (Å²) in [5.74, 6) is 1.18. The van der Waals surface area contributed by atoms with Gasteiger partial charge in [-0.1, -0.05) is 65.2 Å². The molecule has 0 aliphatic rings. The minimum atomic E-state index is -1.29. The topological polar surface area (TPSA) is 101 Å². The lowest BCUT2D eigenvalue weighted by Crippen LogP contribution is -2.27. The van der Waals surface area contributed by atoms with Gasteiger partial charge in [-0.25, -0.2) is 9.78 Å². The first-order chi connectivity index (χ1) is 22.3. The molecule has 3 aromatic rings. The lowest BCUT2D eigenvalue weighted by molar-refractivity contribution is -0.134. The van der Waals surface area contributed by atoms with E-state index >= 15 is 0 Å². The van der Waals surface area contributed by atoms with Gasteiger partial charge in [0.05, 0.1) is 23.6 Å². The average molecular weight is 666 g/mol. The molecule has 0 unspecified atom stereocenters. The molecule has 0 aliphatic heterocycles. The van der Waals surface area contributed by atoms with Crippen molar-refractivity contribution < 1.29 is 28.5 Å². The number of hydrogen-bond donors (Lipinski definition) is 1. The van der Waals surface area contributed by atoms with Crippen LogP contribution in [0, 0.1) is 0 Å². The van der Waals surface area contributed by atoms with Crippen molar-refractivity contribution in [3.63, 3.8) is 0 Å². The minimum absolute atomic E-state index is 0.208. The Balaban J connectivity index is 1.97. The summed E-state index contributed by atoms with van der Waals surface area (Å²) in [6, 6.07) is 14.3. The second-order valence-electron chi connectivity index (χ2n) is 14.1. The molecule has 1 N–H and O–H groups in total. The summed E-state index contributed by atoms with van der Waals surface area (Å²) in [4.78, 5) is 30.6. The van der Waals surface area contributed by atoms with Gasteiger partial charge < -0.3 is 23.5 Å². The fourth-order valence-corrected chi connectivity index (χ4v) is 5.49. The number of para-hydroxylation sites is 1. The molecule has 0 radical (unpaired) electrons. The van der Waals surface area contributed by atoms with E-state index in [-0.39, 0.29) is 18.9 Å². The third-order valence-corrected chi connectivity index (χ3v) is 8.94. The van der Waals surface area contributed by atoms with E-state index in [1.807, 2.05) is 48.0 Å². The Morgan fingerprint density at radius 2 is 1.64 bits per heavy atom. The molecule has 0 spiro atoms. The Morgan fingerprint density at radius 3 is 2.30 bits per heavy atom. The molecule has 9 nitrogen and oxygen atoms in total. The van der Waals surface area contributed by atoms with Crippen molar-refractivity contribution >= 4 is 25.8 Å². The molecule has 0 atom stereocenters. The van der Waals surface area contributed by atoms with Crippen molar-refractivity contribution in [3.8, 4) is 34.1 Å². The standard InChI is InChI=1S/C37H55N3O6Si/c1-9-11-12-13-14-23-44-29-21-19-28(20-22-29)32-26-40(27-43-24-25-47(6,7)8)35(38-32)30-17-15-18-31(34(30)45-33(41)16-10-2)39-36(42)46-37(3,4)5/h15,17-22,26H,9-14,16,23-25,27H2,1-8H3,(H,39,42). The molecule has 0 fully saturated rings. The summed E-state index contributed by atoms with van der Waals surface area (Å²) in [7, 11) is -1.29. The zero-order chi connectivity index (χ0) is 34.5. The van der Waals surface area contributed by atoms with Gasteiger partial charge in [0, 0.05) is 32.9 Å². The Labute approximate surface area is 282 Å². The predicted octanol–water partition coefficient (Wildman–Crippen LogP) is 9.93. The normalized spacial score (nSPS) is 11.7. The Kier molecular flexibility index (Phi) is 14.5. The van der Waals surface area contributed by atoms with Crippen LogP contribution in [-0.4, -0.2) is 48.5 Å². The van der Waals surface area contributed by atoms with Crippen molar-refractivity contribution in [2.45, 2.75) is 118 Å². The maximum Gasteiger partial charge on any atom is 0.412 e. The summed E-state index contributed by atoms with van der Waals surface area (Å²) < 4.78 is 25.5. The van der Waals surface area contributed by atoms with Gasteiger partial charge in [0.25, 0.3) is 0 Å². The van der Waals surface area contributed by atoms with Gasteiger partial charge in [0.15, 0.2) is 5.75 Å². The number of imidazole rings is 1. The molecule has 47 heavy (non-hydrogen) atoms. The van der Waals surface area contributed by atoms with Gasteiger partial charge in [-0.3, -0.25) is 10.1 Å². The maximum atomic E-state index is 12.8. The van der Waals surface area contributed by atoms with E-state index in [0.717, 1.165) is 29.5 Å². The zero-order valence-corrected chi connectivity index (χ0v) is 30.7. The van der Waals surface area contributed by atoms with Crippen molar-refractivity contribution in [1.29, 1.82) is 0 Å². The smallest absolute Gasteiger partial charge is 0.412 e. The molecule has 1 aromatic heterocycles. The summed E-state index contributed by atoms with van der Waals surface area (Å²) in [6.07, 6.45) is 8.10. The molecule has 1 heterocycles. The van der Waals surface area contributed by atoms with E-state index in [1.54, 1.807) is 32.9 Å². The number of amides is 1. The SMILES string of the molecule is CCCCCCCOc1ccc(-c2cn(COCC[Si](C)(C)C)c(-c3cccc(NC(=O)OC(C)(C)C)c3OC(=O)CCC)n2)cc1. The molecule has 0 saturated heterocycles. The van der Waals surface area contributed by atoms with Crippen LogP contribution in [-0.2, 0) is 21.0 Å². The number of benzene rings is 2. The highest BCUT2D eigenvalue weighted by Crippen LogP contribution is 2.38. The first kappa shape index (κ1) is 37.8. The van der Waals surface area contributed by atoms with Gasteiger partial charge in [0.2, 0.25) is 0 Å². The summed E-state index contributed by atoms with van der Waals surface area (Å²) in [5.41, 5.74) is 1.81. The van der Waals surface area contributed by atoms with Crippen molar-refractivity contribution in [1.82, 2.24) is 9.55 Å². The number of carbonyl (C=O) groups excluding carboxylic acids is 2. The number of esters is 1. The molecular formula is C37H55N3O6Si. The number of nitrogens with zero attached hydrogens (tertiary/aromatic N) is 2. The number of nitrogens with one attached hydrogen (secondary N) is 1. The first-order valence-electron chi connectivity index (χ1n) is 17.0. The third-order valence-electron chi connectivity index (χ3n) is 7.23. The zero-order valence-electron chi connectivity index (χ0n) is 29.7. The van der Waals surface area contributed by atoms with Gasteiger partial charge in [-0.15, -0.1) is 0 Å². The van der Waals surface area contributed by atoms with Crippen LogP contribution in [0.5, 0.6) is 11.5 Å². The van der Waals surface area contributed by atoms with Crippen LogP contribution in [0.4, 0.5) is 10.5 Å². The molecule has 258 valence electrons. The van der Waals surface area contributed by atoms with Crippen LogP contribution in [0.2, 0.25) is 25.7 Å². The van der Waals surface area contributed by atoms with Crippen LogP contribution >= 0.6 is 0 Å². The maximum absolute atomic E-state index is 12.8. The molecule has 1 amide bonds. The van der Waals surface area contributed by atoms with E-state index < -0.39 is 25.7 Å². The first-order valence-corrected chi connectivity index (χ1v) is 20.7. The quantitative estimate of drug-likeness (QED) is 0.0625. The number of anilines is 1. The largest absolute Gasteiger partial charge is 0.494 e. The number of carbonyl (C=O) groups is 2.